The summed E-state index contributed by atoms with van der Waals surface area (Å²) in [4.78, 5) is 22.5. The Balaban J connectivity index is 1.61. The van der Waals surface area contributed by atoms with Crippen molar-refractivity contribution in [1.82, 2.24) is 0 Å². The molecule has 4 nitrogen and oxygen atoms in total. The van der Waals surface area contributed by atoms with Crippen LogP contribution < -0.4 is 0 Å². The van der Waals surface area contributed by atoms with E-state index in [9.17, 15) is 9.59 Å². The van der Waals surface area contributed by atoms with Gasteiger partial charge in [0.2, 0.25) is 0 Å². The number of methoxy groups -OCH3 is 1. The van der Waals surface area contributed by atoms with Gasteiger partial charge in [-0.15, -0.1) is 0 Å². The SMILES string of the molecule is COC(=O)c1ccc(C2CCC(c3ccc(C(=O)O)cc3)CC2)cc1. The van der Waals surface area contributed by atoms with E-state index in [2.05, 4.69) is 0 Å². The molecular formula is C21H22O4. The standard InChI is InChI=1S/C21H22O4/c1-25-21(24)19-12-8-17(9-13-19)15-4-2-14(3-5-15)16-6-10-18(11-7-16)20(22)23/h6-15H,2-5H2,1H3,(H,22,23). The Labute approximate surface area is 147 Å². The van der Waals surface area contributed by atoms with Gasteiger partial charge in [0, 0.05) is 0 Å². The van der Waals surface area contributed by atoms with Crippen molar-refractivity contribution < 1.29 is 19.4 Å². The summed E-state index contributed by atoms with van der Waals surface area (Å²) in [6.07, 6.45) is 4.39. The van der Waals surface area contributed by atoms with Crippen molar-refractivity contribution in [3.05, 3.63) is 70.8 Å². The highest BCUT2D eigenvalue weighted by Crippen LogP contribution is 2.40. The van der Waals surface area contributed by atoms with Crippen LogP contribution >= 0.6 is 0 Å². The molecule has 1 fully saturated rings. The molecule has 1 aliphatic carbocycles. The zero-order valence-electron chi connectivity index (χ0n) is 14.3. The molecule has 0 heterocycles. The first-order valence-electron chi connectivity index (χ1n) is 8.60. The highest BCUT2D eigenvalue weighted by molar-refractivity contribution is 5.89. The third kappa shape index (κ3) is 3.90. The van der Waals surface area contributed by atoms with Gasteiger partial charge in [0.1, 0.15) is 0 Å². The Hall–Kier alpha value is -2.62. The average molecular weight is 338 g/mol. The minimum absolute atomic E-state index is 0.305. The van der Waals surface area contributed by atoms with Gasteiger partial charge in [-0.3, -0.25) is 0 Å². The number of carbonyl (C=O) groups excluding carboxylic acids is 1. The number of hydrogen-bond donors (Lipinski definition) is 1. The van der Waals surface area contributed by atoms with Crippen molar-refractivity contribution in [2.75, 3.05) is 7.11 Å². The van der Waals surface area contributed by atoms with Crippen LogP contribution in [0.5, 0.6) is 0 Å². The molecule has 25 heavy (non-hydrogen) atoms. The van der Waals surface area contributed by atoms with Gasteiger partial charge in [0.15, 0.2) is 0 Å². The fourth-order valence-corrected chi connectivity index (χ4v) is 3.67. The Morgan fingerprint density at radius 1 is 0.800 bits per heavy atom. The monoisotopic (exact) mass is 338 g/mol. The van der Waals surface area contributed by atoms with Gasteiger partial charge in [-0.2, -0.15) is 0 Å². The fraction of sp³-hybridized carbons (Fsp3) is 0.333. The van der Waals surface area contributed by atoms with E-state index in [-0.39, 0.29) is 5.97 Å². The maximum atomic E-state index is 11.5. The molecule has 0 aliphatic heterocycles. The normalized spacial score (nSPS) is 20.0. The maximum absolute atomic E-state index is 11.5. The minimum atomic E-state index is -0.884. The molecule has 0 bridgehead atoms. The first-order chi connectivity index (χ1) is 12.1. The fourth-order valence-electron chi connectivity index (χ4n) is 3.67. The summed E-state index contributed by atoms with van der Waals surface area (Å²) in [7, 11) is 1.39. The molecule has 4 heteroatoms. The maximum Gasteiger partial charge on any atom is 0.337 e. The third-order valence-electron chi connectivity index (χ3n) is 5.16. The Morgan fingerprint density at radius 3 is 1.56 bits per heavy atom. The van der Waals surface area contributed by atoms with Gasteiger partial charge in [0.05, 0.1) is 18.2 Å². The molecule has 0 spiro atoms. The van der Waals surface area contributed by atoms with E-state index >= 15 is 0 Å². The van der Waals surface area contributed by atoms with Crippen LogP contribution in [0.3, 0.4) is 0 Å². The summed E-state index contributed by atoms with van der Waals surface area (Å²) >= 11 is 0. The molecule has 2 aromatic rings. The summed E-state index contributed by atoms with van der Waals surface area (Å²) < 4.78 is 4.73. The quantitative estimate of drug-likeness (QED) is 0.827. The topological polar surface area (TPSA) is 63.6 Å². The molecule has 0 aromatic heterocycles. The zero-order valence-corrected chi connectivity index (χ0v) is 14.3. The van der Waals surface area contributed by atoms with Gasteiger partial charge in [0.25, 0.3) is 0 Å². The highest BCUT2D eigenvalue weighted by atomic mass is 16.5. The Morgan fingerprint density at radius 2 is 1.20 bits per heavy atom. The summed E-state index contributed by atoms with van der Waals surface area (Å²) in [5.41, 5.74) is 3.42. The zero-order chi connectivity index (χ0) is 17.8. The molecule has 0 amide bonds. The molecule has 130 valence electrons. The lowest BCUT2D eigenvalue weighted by atomic mass is 9.76. The first-order valence-corrected chi connectivity index (χ1v) is 8.60. The van der Waals surface area contributed by atoms with E-state index in [0.29, 0.717) is 23.0 Å². The molecular weight excluding hydrogens is 316 g/mol. The Bertz CT molecular complexity index is 738. The highest BCUT2D eigenvalue weighted by Gasteiger charge is 2.23. The number of benzene rings is 2. The summed E-state index contributed by atoms with van der Waals surface area (Å²) in [5, 5.41) is 8.99. The number of carbonyl (C=O) groups is 2. The van der Waals surface area contributed by atoms with Crippen LogP contribution in [0.25, 0.3) is 0 Å². The van der Waals surface area contributed by atoms with Crippen molar-refractivity contribution in [3.63, 3.8) is 0 Å². The van der Waals surface area contributed by atoms with Gasteiger partial charge >= 0.3 is 11.9 Å². The molecule has 0 saturated heterocycles. The number of rotatable bonds is 4. The predicted octanol–water partition coefficient (Wildman–Crippen LogP) is 4.61. The van der Waals surface area contributed by atoms with Crippen molar-refractivity contribution in [2.24, 2.45) is 0 Å². The smallest absolute Gasteiger partial charge is 0.337 e. The van der Waals surface area contributed by atoms with Crippen molar-refractivity contribution in [2.45, 2.75) is 37.5 Å². The molecule has 0 radical (unpaired) electrons. The summed E-state index contributed by atoms with van der Waals surface area (Å²) in [5.74, 6) is -0.180. The van der Waals surface area contributed by atoms with Crippen LogP contribution in [0.1, 0.15) is 69.4 Å². The van der Waals surface area contributed by atoms with E-state index < -0.39 is 5.97 Å². The van der Waals surface area contributed by atoms with Gasteiger partial charge in [-0.05, 0) is 72.9 Å². The molecule has 1 saturated carbocycles. The second-order valence-electron chi connectivity index (χ2n) is 6.59. The van der Waals surface area contributed by atoms with E-state index in [1.165, 1.54) is 18.2 Å². The number of carboxylic acid groups (broad SMARTS) is 1. The van der Waals surface area contributed by atoms with Crippen molar-refractivity contribution >= 4 is 11.9 Å². The van der Waals surface area contributed by atoms with Gasteiger partial charge < -0.3 is 9.84 Å². The number of hydrogen-bond acceptors (Lipinski definition) is 3. The Kier molecular flexibility index (Phi) is 5.17. The van der Waals surface area contributed by atoms with Gasteiger partial charge in [-0.25, -0.2) is 9.59 Å². The third-order valence-corrected chi connectivity index (χ3v) is 5.16. The molecule has 1 aliphatic rings. The lowest BCUT2D eigenvalue weighted by Gasteiger charge is -2.29. The van der Waals surface area contributed by atoms with Crippen LogP contribution in [-0.4, -0.2) is 24.2 Å². The number of ether oxygens (including phenoxy) is 1. The minimum Gasteiger partial charge on any atom is -0.478 e. The van der Waals surface area contributed by atoms with E-state index in [0.717, 1.165) is 25.7 Å². The molecule has 3 rings (SSSR count). The largest absolute Gasteiger partial charge is 0.478 e. The molecule has 2 aromatic carbocycles. The van der Waals surface area contributed by atoms with Gasteiger partial charge in [-0.1, -0.05) is 24.3 Å². The second-order valence-corrected chi connectivity index (χ2v) is 6.59. The lowest BCUT2D eigenvalue weighted by molar-refractivity contribution is 0.0599. The summed E-state index contributed by atoms with van der Waals surface area (Å²) in [6, 6.07) is 15.0. The first kappa shape index (κ1) is 17.2. The molecule has 0 atom stereocenters. The molecule has 0 unspecified atom stereocenters. The number of esters is 1. The van der Waals surface area contributed by atoms with E-state index in [1.54, 1.807) is 12.1 Å². The van der Waals surface area contributed by atoms with Crippen molar-refractivity contribution in [3.8, 4) is 0 Å². The van der Waals surface area contributed by atoms with Crippen LogP contribution in [-0.2, 0) is 4.74 Å². The predicted molar refractivity (Wildman–Crippen MR) is 95.1 cm³/mol. The molecule has 1 N–H and O–H groups in total. The van der Waals surface area contributed by atoms with Crippen LogP contribution in [0.2, 0.25) is 0 Å². The number of aromatic carboxylic acids is 1. The van der Waals surface area contributed by atoms with E-state index in [4.69, 9.17) is 9.84 Å². The van der Waals surface area contributed by atoms with Crippen molar-refractivity contribution in [1.29, 1.82) is 0 Å². The average Bonchev–Trinajstić information content (AvgIpc) is 2.67. The number of carboxylic acids is 1. The second kappa shape index (κ2) is 7.51. The van der Waals surface area contributed by atoms with Crippen LogP contribution in [0, 0.1) is 0 Å². The van der Waals surface area contributed by atoms with Crippen LogP contribution in [0.15, 0.2) is 48.5 Å². The summed E-state index contributed by atoms with van der Waals surface area (Å²) in [6.45, 7) is 0. The van der Waals surface area contributed by atoms with Crippen LogP contribution in [0.4, 0.5) is 0 Å². The van der Waals surface area contributed by atoms with E-state index in [1.807, 2.05) is 36.4 Å². The lowest BCUT2D eigenvalue weighted by Crippen LogP contribution is -2.12.